The van der Waals surface area contributed by atoms with Crippen molar-refractivity contribution in [2.45, 2.75) is 45.7 Å². The molecule has 1 fully saturated rings. The van der Waals surface area contributed by atoms with Crippen molar-refractivity contribution in [3.8, 4) is 11.1 Å². The van der Waals surface area contributed by atoms with Gasteiger partial charge in [-0.1, -0.05) is 26.0 Å². The van der Waals surface area contributed by atoms with Gasteiger partial charge in [0.1, 0.15) is 5.84 Å². The van der Waals surface area contributed by atoms with Crippen molar-refractivity contribution in [2.75, 3.05) is 31.8 Å². The molecule has 4 N–H and O–H groups in total. The molecule has 4 rings (SSSR count). The first-order chi connectivity index (χ1) is 19.4. The molecule has 3 aromatic rings. The van der Waals surface area contributed by atoms with Gasteiger partial charge < -0.3 is 21.3 Å². The third-order valence-corrected chi connectivity index (χ3v) is 6.39. The van der Waals surface area contributed by atoms with Crippen molar-refractivity contribution in [1.82, 2.24) is 9.88 Å². The number of benzene rings is 2. The normalized spacial score (nSPS) is 13.1. The van der Waals surface area contributed by atoms with Gasteiger partial charge in [0.15, 0.2) is 0 Å². The van der Waals surface area contributed by atoms with E-state index in [1.165, 1.54) is 20.2 Å². The summed E-state index contributed by atoms with van der Waals surface area (Å²) in [7, 11) is 4.34. The van der Waals surface area contributed by atoms with E-state index in [1.54, 1.807) is 19.2 Å². The molecule has 2 aromatic carbocycles. The Hall–Kier alpha value is -4.41. The van der Waals surface area contributed by atoms with Crippen molar-refractivity contribution < 1.29 is 22.8 Å². The van der Waals surface area contributed by atoms with E-state index < -0.39 is 29.2 Å². The molecule has 0 atom stereocenters. The molecule has 11 heteroatoms. The van der Waals surface area contributed by atoms with E-state index in [0.29, 0.717) is 17.4 Å². The van der Waals surface area contributed by atoms with E-state index in [-0.39, 0.29) is 5.69 Å². The summed E-state index contributed by atoms with van der Waals surface area (Å²) < 4.78 is 40.8. The number of carbonyl (C=O) groups is 2. The molecular weight excluding hydrogens is 533 g/mol. The summed E-state index contributed by atoms with van der Waals surface area (Å²) >= 11 is 0. The maximum atomic E-state index is 13.6. The van der Waals surface area contributed by atoms with Crippen LogP contribution < -0.4 is 16.4 Å². The second kappa shape index (κ2) is 12.8. The minimum absolute atomic E-state index is 0.106. The number of amidine groups is 1. The monoisotopic (exact) mass is 568 g/mol. The second-order valence-corrected chi connectivity index (χ2v) is 9.55. The lowest BCUT2D eigenvalue weighted by Crippen LogP contribution is -2.25. The van der Waals surface area contributed by atoms with Crippen LogP contribution in [-0.2, 0) is 6.18 Å². The Kier molecular flexibility index (Phi) is 9.75. The molecular formula is C30H35F3N6O2. The van der Waals surface area contributed by atoms with Crippen LogP contribution in [0.3, 0.4) is 0 Å². The zero-order valence-electron chi connectivity index (χ0n) is 24.0. The highest BCUT2D eigenvalue weighted by Crippen LogP contribution is 2.41. The molecule has 0 aliphatic heterocycles. The zero-order valence-corrected chi connectivity index (χ0v) is 24.0. The van der Waals surface area contributed by atoms with Crippen LogP contribution in [0.15, 0.2) is 53.5 Å². The lowest BCUT2D eigenvalue weighted by Gasteiger charge is -2.17. The van der Waals surface area contributed by atoms with Gasteiger partial charge in [-0.2, -0.15) is 13.2 Å². The van der Waals surface area contributed by atoms with Crippen LogP contribution >= 0.6 is 0 Å². The van der Waals surface area contributed by atoms with Gasteiger partial charge in [-0.05, 0) is 67.3 Å². The highest BCUT2D eigenvalue weighted by Gasteiger charge is 2.36. The molecule has 0 spiro atoms. The van der Waals surface area contributed by atoms with Gasteiger partial charge in [0.05, 0.1) is 11.1 Å². The molecule has 1 aromatic heterocycles. The molecule has 3 amide bonds. The summed E-state index contributed by atoms with van der Waals surface area (Å²) in [5.74, 6) is 0.0199. The number of hydrogen-bond donors (Lipinski definition) is 3. The number of nitrogens with two attached hydrogens (primary N) is 1. The SMILES string of the molecule is CC.CN=C(N)c1c(-c2ccc(NC(=O)Nc3ccc(C(=O)N(C)C)c(C(F)(F)F)c3)cc2)cc(C2CC2)nc1C. The van der Waals surface area contributed by atoms with Crippen molar-refractivity contribution >= 4 is 29.1 Å². The predicted octanol–water partition coefficient (Wildman–Crippen LogP) is 6.66. The fraction of sp³-hybridized carbons (Fsp3) is 0.333. The molecule has 41 heavy (non-hydrogen) atoms. The Morgan fingerprint density at radius 1 is 1.00 bits per heavy atom. The van der Waals surface area contributed by atoms with Crippen LogP contribution in [-0.4, -0.2) is 48.8 Å². The number of halogens is 3. The largest absolute Gasteiger partial charge is 0.417 e. The van der Waals surface area contributed by atoms with Crippen LogP contribution in [0.1, 0.15) is 65.5 Å². The summed E-state index contributed by atoms with van der Waals surface area (Å²) in [4.78, 5) is 34.6. The topological polar surface area (TPSA) is 113 Å². The van der Waals surface area contributed by atoms with Crippen molar-refractivity contribution in [2.24, 2.45) is 10.7 Å². The minimum Gasteiger partial charge on any atom is -0.383 e. The average Bonchev–Trinajstić information content (AvgIpc) is 3.78. The van der Waals surface area contributed by atoms with Gasteiger partial charge in [-0.25, -0.2) is 4.79 Å². The first-order valence-electron chi connectivity index (χ1n) is 13.2. The Labute approximate surface area is 237 Å². The van der Waals surface area contributed by atoms with E-state index in [1.807, 2.05) is 39.0 Å². The van der Waals surface area contributed by atoms with E-state index in [4.69, 9.17) is 10.7 Å². The lowest BCUT2D eigenvalue weighted by atomic mass is 9.96. The van der Waals surface area contributed by atoms with Gasteiger partial charge in [0.2, 0.25) is 0 Å². The maximum absolute atomic E-state index is 13.6. The molecule has 0 radical (unpaired) electrons. The smallest absolute Gasteiger partial charge is 0.383 e. The van der Waals surface area contributed by atoms with Crippen molar-refractivity contribution in [1.29, 1.82) is 0 Å². The number of nitrogens with one attached hydrogen (secondary N) is 2. The third-order valence-electron chi connectivity index (χ3n) is 6.39. The summed E-state index contributed by atoms with van der Waals surface area (Å²) in [5.41, 5.74) is 9.14. The molecule has 0 saturated heterocycles. The molecule has 1 aliphatic carbocycles. The number of rotatable bonds is 6. The highest BCUT2D eigenvalue weighted by molar-refractivity contribution is 6.05. The van der Waals surface area contributed by atoms with E-state index in [9.17, 15) is 22.8 Å². The van der Waals surface area contributed by atoms with Gasteiger partial charge in [0, 0.05) is 55.4 Å². The number of pyridine rings is 1. The number of carbonyl (C=O) groups excluding carboxylic acids is 2. The first kappa shape index (κ1) is 31.1. The molecule has 0 bridgehead atoms. The zero-order chi connectivity index (χ0) is 30.5. The number of alkyl halides is 3. The van der Waals surface area contributed by atoms with Gasteiger partial charge >= 0.3 is 12.2 Å². The predicted molar refractivity (Wildman–Crippen MR) is 156 cm³/mol. The molecule has 8 nitrogen and oxygen atoms in total. The number of aryl methyl sites for hydroxylation is 1. The summed E-state index contributed by atoms with van der Waals surface area (Å²) in [5, 5.41) is 5.01. The third kappa shape index (κ3) is 7.41. The standard InChI is InChI=1S/C28H29F3N6O2.C2H6/c1-15-24(25(32)33-2)21(14-23(34-15)17-5-6-17)16-7-9-18(10-8-16)35-27(39)36-19-11-12-20(26(38)37(3)4)22(13-19)28(29,30)31;1-2/h7-14,17H,5-6H2,1-4H3,(H2,32,33)(H2,35,36,39);1-2H3. The van der Waals surface area contributed by atoms with Crippen molar-refractivity contribution in [3.05, 3.63) is 76.6 Å². The van der Waals surface area contributed by atoms with Gasteiger partial charge in [-0.15, -0.1) is 0 Å². The second-order valence-electron chi connectivity index (χ2n) is 9.55. The highest BCUT2D eigenvalue weighted by atomic mass is 19.4. The van der Waals surface area contributed by atoms with Crippen LogP contribution in [0.2, 0.25) is 0 Å². The molecule has 1 heterocycles. The van der Waals surface area contributed by atoms with Crippen LogP contribution in [0.25, 0.3) is 11.1 Å². The molecule has 1 saturated carbocycles. The summed E-state index contributed by atoms with van der Waals surface area (Å²) in [6, 6.07) is 11.3. The van der Waals surface area contributed by atoms with Crippen LogP contribution in [0, 0.1) is 6.92 Å². The molecule has 218 valence electrons. The maximum Gasteiger partial charge on any atom is 0.417 e. The van der Waals surface area contributed by atoms with E-state index >= 15 is 0 Å². The number of aliphatic imine (C=N–C) groups is 1. The van der Waals surface area contributed by atoms with Crippen molar-refractivity contribution in [3.63, 3.8) is 0 Å². The number of urea groups is 1. The first-order valence-corrected chi connectivity index (χ1v) is 13.2. The Morgan fingerprint density at radius 2 is 1.59 bits per heavy atom. The van der Waals surface area contributed by atoms with E-state index in [2.05, 4.69) is 15.6 Å². The number of amides is 3. The Morgan fingerprint density at radius 3 is 2.12 bits per heavy atom. The Balaban J connectivity index is 0.00000226. The van der Waals surface area contributed by atoms with E-state index in [0.717, 1.165) is 58.0 Å². The summed E-state index contributed by atoms with van der Waals surface area (Å²) in [6.07, 6.45) is -2.58. The fourth-order valence-electron chi connectivity index (χ4n) is 4.26. The number of hydrogen-bond acceptors (Lipinski definition) is 4. The fourth-order valence-corrected chi connectivity index (χ4v) is 4.26. The lowest BCUT2D eigenvalue weighted by molar-refractivity contribution is -0.138. The van der Waals surface area contributed by atoms with Gasteiger partial charge in [-0.3, -0.25) is 14.8 Å². The van der Waals surface area contributed by atoms with Crippen LogP contribution in [0.4, 0.5) is 29.3 Å². The number of nitrogens with zero attached hydrogens (tertiary/aromatic N) is 3. The van der Waals surface area contributed by atoms with Gasteiger partial charge in [0.25, 0.3) is 5.91 Å². The quantitative estimate of drug-likeness (QED) is 0.228. The molecule has 1 aliphatic rings. The Bertz CT molecular complexity index is 1450. The number of anilines is 2. The summed E-state index contributed by atoms with van der Waals surface area (Å²) in [6.45, 7) is 5.90. The average molecular weight is 569 g/mol. The van der Waals surface area contributed by atoms with Crippen LogP contribution in [0.5, 0.6) is 0 Å². The number of aromatic nitrogens is 1. The minimum atomic E-state index is -4.78. The molecule has 0 unspecified atom stereocenters.